The first kappa shape index (κ1) is 9.99. The molecule has 2 rings (SSSR count). The number of benzene rings is 1. The molecule has 1 aromatic carbocycles. The molecule has 1 fully saturated rings. The molecule has 1 saturated heterocycles. The van der Waals surface area contributed by atoms with Gasteiger partial charge in [-0.1, -0.05) is 22.0 Å². The second-order valence-electron chi connectivity index (χ2n) is 3.67. The minimum Gasteiger partial charge on any atom is -0.371 e. The van der Waals surface area contributed by atoms with E-state index >= 15 is 0 Å². The molecule has 1 aliphatic heterocycles. The van der Waals surface area contributed by atoms with E-state index in [2.05, 4.69) is 39.0 Å². The molecule has 0 aliphatic carbocycles. The maximum Gasteiger partial charge on any atom is 0.0423 e. The van der Waals surface area contributed by atoms with Crippen LogP contribution in [0.25, 0.3) is 0 Å². The fourth-order valence-electron chi connectivity index (χ4n) is 1.96. The molecular weight excluding hydrogens is 240 g/mol. The monoisotopic (exact) mass is 254 g/mol. The van der Waals surface area contributed by atoms with E-state index in [1.54, 1.807) is 0 Å². The van der Waals surface area contributed by atoms with Crippen LogP contribution < -0.4 is 10.6 Å². The summed E-state index contributed by atoms with van der Waals surface area (Å²) in [4.78, 5) is 2.42. The fourth-order valence-corrected chi connectivity index (χ4v) is 2.31. The van der Waals surface area contributed by atoms with Crippen LogP contribution in [0.3, 0.4) is 0 Å². The molecule has 0 unspecified atom stereocenters. The van der Waals surface area contributed by atoms with E-state index in [1.165, 1.54) is 37.2 Å². The minimum absolute atomic E-state index is 0.624. The standard InChI is InChI=1S/C11H15BrN2/c12-10-4-3-9(8-13)11(7-10)14-5-1-2-6-14/h3-4,7H,1-2,5-6,8,13H2. The Morgan fingerprint density at radius 2 is 2.00 bits per heavy atom. The third-order valence-electron chi connectivity index (χ3n) is 2.71. The van der Waals surface area contributed by atoms with Crippen LogP contribution in [0.5, 0.6) is 0 Å². The summed E-state index contributed by atoms with van der Waals surface area (Å²) in [6.45, 7) is 2.96. The molecule has 2 N–H and O–H groups in total. The third-order valence-corrected chi connectivity index (χ3v) is 3.21. The normalized spacial score (nSPS) is 16.3. The van der Waals surface area contributed by atoms with Gasteiger partial charge in [0.25, 0.3) is 0 Å². The Morgan fingerprint density at radius 3 is 2.64 bits per heavy atom. The average molecular weight is 255 g/mol. The van der Waals surface area contributed by atoms with E-state index in [-0.39, 0.29) is 0 Å². The highest BCUT2D eigenvalue weighted by atomic mass is 79.9. The minimum atomic E-state index is 0.624. The van der Waals surface area contributed by atoms with Gasteiger partial charge in [0.2, 0.25) is 0 Å². The first-order valence-electron chi connectivity index (χ1n) is 5.04. The van der Waals surface area contributed by atoms with Crippen molar-refractivity contribution in [3.05, 3.63) is 28.2 Å². The van der Waals surface area contributed by atoms with Gasteiger partial charge in [0.05, 0.1) is 0 Å². The summed E-state index contributed by atoms with van der Waals surface area (Å²) in [6, 6.07) is 6.34. The molecule has 1 aliphatic rings. The molecule has 3 heteroatoms. The molecule has 0 amide bonds. The maximum absolute atomic E-state index is 5.73. The van der Waals surface area contributed by atoms with Gasteiger partial charge in [-0.15, -0.1) is 0 Å². The van der Waals surface area contributed by atoms with Crippen LogP contribution >= 0.6 is 15.9 Å². The fraction of sp³-hybridized carbons (Fsp3) is 0.455. The molecule has 1 heterocycles. The third kappa shape index (κ3) is 1.93. The summed E-state index contributed by atoms with van der Waals surface area (Å²) in [5, 5.41) is 0. The van der Waals surface area contributed by atoms with Crippen LogP contribution in [0.1, 0.15) is 18.4 Å². The van der Waals surface area contributed by atoms with Crippen molar-refractivity contribution in [2.45, 2.75) is 19.4 Å². The van der Waals surface area contributed by atoms with E-state index in [0.717, 1.165) is 4.47 Å². The van der Waals surface area contributed by atoms with Crippen LogP contribution in [0.4, 0.5) is 5.69 Å². The first-order chi connectivity index (χ1) is 6.81. The van der Waals surface area contributed by atoms with Crippen LogP contribution in [0.2, 0.25) is 0 Å². The van der Waals surface area contributed by atoms with Crippen molar-refractivity contribution in [2.24, 2.45) is 5.73 Å². The number of nitrogens with two attached hydrogens (primary N) is 1. The smallest absolute Gasteiger partial charge is 0.0423 e. The summed E-state index contributed by atoms with van der Waals surface area (Å²) >= 11 is 3.51. The van der Waals surface area contributed by atoms with Gasteiger partial charge in [-0.05, 0) is 30.5 Å². The Bertz CT molecular complexity index is 319. The molecule has 0 saturated carbocycles. The van der Waals surface area contributed by atoms with E-state index in [1.807, 2.05) is 0 Å². The Kier molecular flexibility index (Phi) is 3.08. The lowest BCUT2D eigenvalue weighted by atomic mass is 10.1. The molecule has 14 heavy (non-hydrogen) atoms. The van der Waals surface area contributed by atoms with Crippen LogP contribution in [-0.4, -0.2) is 13.1 Å². The molecule has 0 aromatic heterocycles. The summed E-state index contributed by atoms with van der Waals surface area (Å²) < 4.78 is 1.14. The predicted octanol–water partition coefficient (Wildman–Crippen LogP) is 2.51. The maximum atomic E-state index is 5.73. The van der Waals surface area contributed by atoms with Crippen molar-refractivity contribution in [1.29, 1.82) is 0 Å². The van der Waals surface area contributed by atoms with Gasteiger partial charge in [-0.3, -0.25) is 0 Å². The Morgan fingerprint density at radius 1 is 1.29 bits per heavy atom. The average Bonchev–Trinajstić information content (AvgIpc) is 2.70. The second-order valence-corrected chi connectivity index (χ2v) is 4.59. The Labute approximate surface area is 93.2 Å². The van der Waals surface area contributed by atoms with Crippen molar-refractivity contribution >= 4 is 21.6 Å². The number of hydrogen-bond acceptors (Lipinski definition) is 2. The highest BCUT2D eigenvalue weighted by Gasteiger charge is 2.15. The molecule has 0 bridgehead atoms. The highest BCUT2D eigenvalue weighted by molar-refractivity contribution is 9.10. The molecular formula is C11H15BrN2. The number of anilines is 1. The molecule has 0 radical (unpaired) electrons. The van der Waals surface area contributed by atoms with Crippen molar-refractivity contribution < 1.29 is 0 Å². The molecule has 0 atom stereocenters. The van der Waals surface area contributed by atoms with Gasteiger partial charge in [0.1, 0.15) is 0 Å². The van der Waals surface area contributed by atoms with Crippen LogP contribution in [-0.2, 0) is 6.54 Å². The summed E-state index contributed by atoms with van der Waals surface area (Å²) in [7, 11) is 0. The van der Waals surface area contributed by atoms with Crippen molar-refractivity contribution in [2.75, 3.05) is 18.0 Å². The van der Waals surface area contributed by atoms with E-state index < -0.39 is 0 Å². The van der Waals surface area contributed by atoms with Gasteiger partial charge in [-0.25, -0.2) is 0 Å². The van der Waals surface area contributed by atoms with Gasteiger partial charge >= 0.3 is 0 Å². The van der Waals surface area contributed by atoms with Crippen LogP contribution in [0, 0.1) is 0 Å². The van der Waals surface area contributed by atoms with E-state index in [0.29, 0.717) is 6.54 Å². The van der Waals surface area contributed by atoms with E-state index in [4.69, 9.17) is 5.73 Å². The molecule has 2 nitrogen and oxygen atoms in total. The predicted molar refractivity (Wildman–Crippen MR) is 63.5 cm³/mol. The lowest BCUT2D eigenvalue weighted by Crippen LogP contribution is -2.20. The van der Waals surface area contributed by atoms with Gasteiger partial charge < -0.3 is 10.6 Å². The largest absolute Gasteiger partial charge is 0.371 e. The van der Waals surface area contributed by atoms with Crippen molar-refractivity contribution in [3.63, 3.8) is 0 Å². The number of halogens is 1. The van der Waals surface area contributed by atoms with Gasteiger partial charge in [0, 0.05) is 29.8 Å². The quantitative estimate of drug-likeness (QED) is 0.879. The SMILES string of the molecule is NCc1ccc(Br)cc1N1CCCC1. The van der Waals surface area contributed by atoms with Crippen molar-refractivity contribution in [1.82, 2.24) is 0 Å². The Balaban J connectivity index is 2.33. The van der Waals surface area contributed by atoms with Gasteiger partial charge in [0.15, 0.2) is 0 Å². The zero-order chi connectivity index (χ0) is 9.97. The zero-order valence-corrected chi connectivity index (χ0v) is 9.76. The number of hydrogen-bond donors (Lipinski definition) is 1. The lowest BCUT2D eigenvalue weighted by Gasteiger charge is -2.21. The summed E-state index contributed by atoms with van der Waals surface area (Å²) in [6.07, 6.45) is 2.60. The molecule has 0 spiro atoms. The van der Waals surface area contributed by atoms with Crippen LogP contribution in [0.15, 0.2) is 22.7 Å². The second kappa shape index (κ2) is 4.32. The topological polar surface area (TPSA) is 29.3 Å². The Hall–Kier alpha value is -0.540. The number of nitrogens with zero attached hydrogens (tertiary/aromatic N) is 1. The highest BCUT2D eigenvalue weighted by Crippen LogP contribution is 2.27. The summed E-state index contributed by atoms with van der Waals surface area (Å²) in [5.41, 5.74) is 8.28. The summed E-state index contributed by atoms with van der Waals surface area (Å²) in [5.74, 6) is 0. The molecule has 76 valence electrons. The first-order valence-corrected chi connectivity index (χ1v) is 5.84. The molecule has 1 aromatic rings. The van der Waals surface area contributed by atoms with Gasteiger partial charge in [-0.2, -0.15) is 0 Å². The lowest BCUT2D eigenvalue weighted by molar-refractivity contribution is 0.939. The zero-order valence-electron chi connectivity index (χ0n) is 8.17. The number of rotatable bonds is 2. The van der Waals surface area contributed by atoms with E-state index in [9.17, 15) is 0 Å². The van der Waals surface area contributed by atoms with Crippen molar-refractivity contribution in [3.8, 4) is 0 Å².